The van der Waals surface area contributed by atoms with Crippen LogP contribution in [0.2, 0.25) is 0 Å². The molecule has 1 aliphatic rings. The van der Waals surface area contributed by atoms with Crippen LogP contribution in [0.25, 0.3) is 11.3 Å². The van der Waals surface area contributed by atoms with Gasteiger partial charge in [-0.05, 0) is 54.4 Å². The van der Waals surface area contributed by atoms with Gasteiger partial charge in [0.05, 0.1) is 12.8 Å². The monoisotopic (exact) mass is 398 g/mol. The van der Waals surface area contributed by atoms with Crippen molar-refractivity contribution >= 4 is 11.7 Å². The predicted molar refractivity (Wildman–Crippen MR) is 105 cm³/mol. The van der Waals surface area contributed by atoms with Crippen LogP contribution in [0.15, 0.2) is 48.5 Å². The molecule has 0 unspecified atom stereocenters. The zero-order valence-corrected chi connectivity index (χ0v) is 15.8. The first-order chi connectivity index (χ1) is 14.0. The van der Waals surface area contributed by atoms with E-state index in [0.29, 0.717) is 6.54 Å². The average molecular weight is 398 g/mol. The summed E-state index contributed by atoms with van der Waals surface area (Å²) < 4.78 is 31.5. The summed E-state index contributed by atoms with van der Waals surface area (Å²) in [5.74, 6) is -0.849. The van der Waals surface area contributed by atoms with Gasteiger partial charge in [-0.1, -0.05) is 0 Å². The second-order valence-corrected chi connectivity index (χ2v) is 6.90. The van der Waals surface area contributed by atoms with E-state index in [-0.39, 0.29) is 11.6 Å². The molecule has 0 aliphatic carbocycles. The fraction of sp³-hybridized carbons (Fsp3) is 0.238. The third-order valence-corrected chi connectivity index (χ3v) is 4.99. The number of H-pyrrole nitrogens is 1. The molecule has 1 amide bonds. The minimum atomic E-state index is -1.03. The van der Waals surface area contributed by atoms with Crippen LogP contribution >= 0.6 is 0 Å². The van der Waals surface area contributed by atoms with E-state index < -0.39 is 17.5 Å². The normalized spacial score (nSPS) is 16.1. The van der Waals surface area contributed by atoms with Gasteiger partial charge >= 0.3 is 0 Å². The van der Waals surface area contributed by atoms with Gasteiger partial charge in [0.25, 0.3) is 5.91 Å². The smallest absolute Gasteiger partial charge is 0.251 e. The van der Waals surface area contributed by atoms with Crippen LogP contribution in [-0.2, 0) is 0 Å². The van der Waals surface area contributed by atoms with Gasteiger partial charge in [-0.15, -0.1) is 0 Å². The molecule has 8 heteroatoms. The molecule has 2 heterocycles. The third kappa shape index (κ3) is 4.06. The molecule has 1 atom stereocenters. The minimum Gasteiger partial charge on any atom is -0.497 e. The number of rotatable bonds is 5. The number of hydrogen-bond acceptors (Lipinski definition) is 4. The first-order valence-electron chi connectivity index (χ1n) is 9.24. The van der Waals surface area contributed by atoms with Crippen LogP contribution in [0.3, 0.4) is 0 Å². The Morgan fingerprint density at radius 3 is 2.69 bits per heavy atom. The SMILES string of the molecule is COc1ccc(-c2cc(N3CC[C@H](NC(=O)c4ccc(F)c(F)c4)C3)n[nH]2)cc1. The van der Waals surface area contributed by atoms with Gasteiger partial charge in [-0.25, -0.2) is 8.78 Å². The molecule has 2 N–H and O–H groups in total. The average Bonchev–Trinajstić information content (AvgIpc) is 3.39. The summed E-state index contributed by atoms with van der Waals surface area (Å²) in [5, 5.41) is 10.3. The van der Waals surface area contributed by atoms with E-state index in [1.165, 1.54) is 6.07 Å². The van der Waals surface area contributed by atoms with Crippen molar-refractivity contribution in [3.8, 4) is 17.0 Å². The van der Waals surface area contributed by atoms with Gasteiger partial charge in [0.1, 0.15) is 5.75 Å². The number of aromatic amines is 1. The highest BCUT2D eigenvalue weighted by Crippen LogP contribution is 2.26. The van der Waals surface area contributed by atoms with Gasteiger partial charge in [0.15, 0.2) is 17.5 Å². The molecule has 29 heavy (non-hydrogen) atoms. The maximum atomic E-state index is 13.3. The van der Waals surface area contributed by atoms with Crippen molar-refractivity contribution in [1.82, 2.24) is 15.5 Å². The largest absolute Gasteiger partial charge is 0.497 e. The maximum absolute atomic E-state index is 13.3. The van der Waals surface area contributed by atoms with Gasteiger partial charge in [0, 0.05) is 30.8 Å². The van der Waals surface area contributed by atoms with Gasteiger partial charge in [-0.3, -0.25) is 9.89 Å². The number of hydrogen-bond donors (Lipinski definition) is 2. The van der Waals surface area contributed by atoms with E-state index in [2.05, 4.69) is 20.4 Å². The topological polar surface area (TPSA) is 70.2 Å². The predicted octanol–water partition coefficient (Wildman–Crippen LogP) is 3.37. The summed E-state index contributed by atoms with van der Waals surface area (Å²) in [7, 11) is 1.62. The molecule has 0 bridgehead atoms. The summed E-state index contributed by atoms with van der Waals surface area (Å²) in [5.41, 5.74) is 1.98. The molecule has 1 saturated heterocycles. The van der Waals surface area contributed by atoms with Crippen LogP contribution in [0, 0.1) is 11.6 Å². The first kappa shape index (κ1) is 18.9. The Hall–Kier alpha value is -3.42. The fourth-order valence-corrected chi connectivity index (χ4v) is 3.38. The number of anilines is 1. The van der Waals surface area contributed by atoms with Crippen LogP contribution in [0.5, 0.6) is 5.75 Å². The molecule has 1 aromatic heterocycles. The Kier molecular flexibility index (Phi) is 5.16. The molecule has 4 rings (SSSR count). The van der Waals surface area contributed by atoms with Crippen molar-refractivity contribution in [2.75, 3.05) is 25.1 Å². The van der Waals surface area contributed by atoms with Gasteiger partial charge in [-0.2, -0.15) is 5.10 Å². The third-order valence-electron chi connectivity index (χ3n) is 4.99. The summed E-state index contributed by atoms with van der Waals surface area (Å²) in [6.45, 7) is 1.32. The van der Waals surface area contributed by atoms with E-state index in [1.54, 1.807) is 7.11 Å². The Bertz CT molecular complexity index is 1020. The number of methoxy groups -OCH3 is 1. The lowest BCUT2D eigenvalue weighted by Crippen LogP contribution is -2.37. The van der Waals surface area contributed by atoms with Crippen molar-refractivity contribution < 1.29 is 18.3 Å². The lowest BCUT2D eigenvalue weighted by Gasteiger charge is -2.16. The summed E-state index contributed by atoms with van der Waals surface area (Å²) in [6.07, 6.45) is 0.736. The van der Waals surface area contributed by atoms with Crippen LogP contribution < -0.4 is 15.0 Å². The highest BCUT2D eigenvalue weighted by atomic mass is 19.2. The molecule has 6 nitrogen and oxygen atoms in total. The lowest BCUT2D eigenvalue weighted by atomic mass is 10.1. The van der Waals surface area contributed by atoms with Crippen LogP contribution in [-0.4, -0.2) is 42.3 Å². The maximum Gasteiger partial charge on any atom is 0.251 e. The molecule has 0 spiro atoms. The van der Waals surface area contributed by atoms with Gasteiger partial charge < -0.3 is 15.0 Å². The Morgan fingerprint density at radius 1 is 1.17 bits per heavy atom. The molecular weight excluding hydrogens is 378 g/mol. The van der Waals surface area contributed by atoms with Crippen molar-refractivity contribution in [2.24, 2.45) is 0 Å². The quantitative estimate of drug-likeness (QED) is 0.691. The van der Waals surface area contributed by atoms with E-state index >= 15 is 0 Å². The summed E-state index contributed by atoms with van der Waals surface area (Å²) in [4.78, 5) is 14.4. The van der Waals surface area contributed by atoms with Gasteiger partial charge in [0.2, 0.25) is 0 Å². The zero-order valence-electron chi connectivity index (χ0n) is 15.8. The Labute approximate surface area is 166 Å². The number of nitrogens with zero attached hydrogens (tertiary/aromatic N) is 2. The Balaban J connectivity index is 1.39. The summed E-state index contributed by atoms with van der Waals surface area (Å²) >= 11 is 0. The number of benzene rings is 2. The molecule has 3 aromatic rings. The molecule has 2 aromatic carbocycles. The van der Waals surface area contributed by atoms with E-state index in [1.807, 2.05) is 30.3 Å². The molecule has 0 saturated carbocycles. The second kappa shape index (κ2) is 7.90. The number of ether oxygens (including phenoxy) is 1. The number of amides is 1. The molecule has 0 radical (unpaired) electrons. The standard InChI is InChI=1S/C21H20F2N4O2/c1-29-16-5-2-13(3-6-16)19-11-20(26-25-19)27-9-8-15(12-27)24-21(28)14-4-7-17(22)18(23)10-14/h2-7,10-11,15H,8-9,12H2,1H3,(H,24,28)(H,25,26)/t15-/m0/s1. The molecule has 1 fully saturated rings. The number of carbonyl (C=O) groups is 1. The van der Waals surface area contributed by atoms with Crippen LogP contribution in [0.1, 0.15) is 16.8 Å². The van der Waals surface area contributed by atoms with Crippen molar-refractivity contribution in [1.29, 1.82) is 0 Å². The number of carbonyl (C=O) groups excluding carboxylic acids is 1. The molecular formula is C21H20F2N4O2. The van der Waals surface area contributed by atoms with Crippen molar-refractivity contribution in [3.05, 3.63) is 65.7 Å². The zero-order chi connectivity index (χ0) is 20.4. The highest BCUT2D eigenvalue weighted by molar-refractivity contribution is 5.94. The second-order valence-electron chi connectivity index (χ2n) is 6.90. The van der Waals surface area contributed by atoms with E-state index in [9.17, 15) is 13.6 Å². The summed E-state index contributed by atoms with van der Waals surface area (Å²) in [6, 6.07) is 12.7. The first-order valence-corrected chi connectivity index (χ1v) is 9.24. The Morgan fingerprint density at radius 2 is 1.97 bits per heavy atom. The lowest BCUT2D eigenvalue weighted by molar-refractivity contribution is 0.0940. The van der Waals surface area contributed by atoms with Crippen molar-refractivity contribution in [3.63, 3.8) is 0 Å². The number of nitrogens with one attached hydrogen (secondary N) is 2. The number of aromatic nitrogens is 2. The minimum absolute atomic E-state index is 0.100. The molecule has 1 aliphatic heterocycles. The molecule has 150 valence electrons. The fourth-order valence-electron chi connectivity index (χ4n) is 3.38. The van der Waals surface area contributed by atoms with E-state index in [0.717, 1.165) is 47.9 Å². The van der Waals surface area contributed by atoms with Crippen molar-refractivity contribution in [2.45, 2.75) is 12.5 Å². The van der Waals surface area contributed by atoms with Crippen LogP contribution in [0.4, 0.5) is 14.6 Å². The van der Waals surface area contributed by atoms with E-state index in [4.69, 9.17) is 4.74 Å². The highest BCUT2D eigenvalue weighted by Gasteiger charge is 2.26. The number of halogens is 2.